The number of sulfone groups is 1. The minimum atomic E-state index is -3.17. The Labute approximate surface area is 237 Å². The molecule has 11 heteroatoms. The molecule has 2 saturated heterocycles. The minimum absolute atomic E-state index is 0.0141. The van der Waals surface area contributed by atoms with E-state index in [4.69, 9.17) is 16.6 Å². The molecule has 2 aliphatic rings. The van der Waals surface area contributed by atoms with Crippen molar-refractivity contribution in [2.75, 3.05) is 42.6 Å². The van der Waals surface area contributed by atoms with E-state index >= 15 is 0 Å². The molecule has 4 heterocycles. The van der Waals surface area contributed by atoms with Gasteiger partial charge in [-0.2, -0.15) is 5.10 Å². The first-order valence-electron chi connectivity index (χ1n) is 13.3. The van der Waals surface area contributed by atoms with Gasteiger partial charge in [-0.3, -0.25) is 4.79 Å². The summed E-state index contributed by atoms with van der Waals surface area (Å²) >= 11 is 6.24. The van der Waals surface area contributed by atoms with Crippen LogP contribution in [-0.4, -0.2) is 71.7 Å². The summed E-state index contributed by atoms with van der Waals surface area (Å²) in [7, 11) is -3.17. The molecule has 0 N–H and O–H groups in total. The maximum Gasteiger partial charge on any atom is 0.254 e. The van der Waals surface area contributed by atoms with Gasteiger partial charge in [-0.05, 0) is 68.3 Å². The SMILES string of the molecule is Cc1ccc(Cl)cc1N1CCN(C(=O)c2cc(-c3ccc(F)cc3)nc3c2c(C)nn3C2CCS(=O)(=O)C2)CC1. The van der Waals surface area contributed by atoms with Crippen molar-refractivity contribution in [3.8, 4) is 11.3 Å². The topological polar surface area (TPSA) is 88.4 Å². The predicted molar refractivity (Wildman–Crippen MR) is 154 cm³/mol. The van der Waals surface area contributed by atoms with Gasteiger partial charge in [-0.15, -0.1) is 0 Å². The second kappa shape index (κ2) is 10.2. The standard InChI is InChI=1S/C29H29ClFN5O3S/c1-18-3-6-21(30)15-26(18)34-10-12-35(13-11-34)29(37)24-16-25(20-4-7-22(31)8-5-20)32-28-27(24)19(2)33-36(28)23-9-14-40(38,39)17-23/h3-8,15-16,23H,9-14,17H2,1-2H3. The summed E-state index contributed by atoms with van der Waals surface area (Å²) in [4.78, 5) is 23.0. The Morgan fingerprint density at radius 1 is 1.02 bits per heavy atom. The number of benzene rings is 2. The Kier molecular flexibility index (Phi) is 6.78. The second-order valence-corrected chi connectivity index (χ2v) is 13.2. The lowest BCUT2D eigenvalue weighted by atomic mass is 10.0. The molecule has 2 aromatic carbocycles. The van der Waals surface area contributed by atoms with Crippen LogP contribution in [0.25, 0.3) is 22.3 Å². The molecule has 0 aliphatic carbocycles. The van der Waals surface area contributed by atoms with E-state index in [1.807, 2.05) is 36.9 Å². The maximum atomic E-state index is 14.1. The summed E-state index contributed by atoms with van der Waals surface area (Å²) in [6, 6.07) is 13.2. The zero-order valence-corrected chi connectivity index (χ0v) is 23.8. The lowest BCUT2D eigenvalue weighted by Crippen LogP contribution is -2.49. The number of hydrogen-bond donors (Lipinski definition) is 0. The van der Waals surface area contributed by atoms with Crippen LogP contribution in [0.15, 0.2) is 48.5 Å². The third-order valence-electron chi connectivity index (χ3n) is 7.84. The number of aromatic nitrogens is 3. The van der Waals surface area contributed by atoms with Gasteiger partial charge < -0.3 is 9.80 Å². The van der Waals surface area contributed by atoms with Crippen LogP contribution in [-0.2, 0) is 9.84 Å². The van der Waals surface area contributed by atoms with Gasteiger partial charge in [0.15, 0.2) is 15.5 Å². The van der Waals surface area contributed by atoms with E-state index in [-0.39, 0.29) is 29.3 Å². The van der Waals surface area contributed by atoms with Crippen LogP contribution >= 0.6 is 11.6 Å². The molecule has 6 rings (SSSR count). The van der Waals surface area contributed by atoms with Gasteiger partial charge >= 0.3 is 0 Å². The summed E-state index contributed by atoms with van der Waals surface area (Å²) in [6.45, 7) is 6.22. The first-order chi connectivity index (χ1) is 19.1. The van der Waals surface area contributed by atoms with Crippen LogP contribution in [0.4, 0.5) is 10.1 Å². The molecular weight excluding hydrogens is 553 g/mol. The van der Waals surface area contributed by atoms with Crippen molar-refractivity contribution in [1.82, 2.24) is 19.7 Å². The molecule has 4 aromatic rings. The number of fused-ring (bicyclic) bond motifs is 1. The van der Waals surface area contributed by atoms with Crippen molar-refractivity contribution in [1.29, 1.82) is 0 Å². The summed E-state index contributed by atoms with van der Waals surface area (Å²) in [6.07, 6.45) is 0.440. The molecule has 1 atom stereocenters. The van der Waals surface area contributed by atoms with E-state index in [1.54, 1.807) is 22.9 Å². The van der Waals surface area contributed by atoms with Crippen LogP contribution in [0.1, 0.15) is 34.1 Å². The van der Waals surface area contributed by atoms with Crippen molar-refractivity contribution < 1.29 is 17.6 Å². The average molecular weight is 582 g/mol. The Morgan fingerprint density at radius 3 is 2.42 bits per heavy atom. The molecule has 2 aliphatic heterocycles. The molecule has 2 aromatic heterocycles. The number of hydrogen-bond acceptors (Lipinski definition) is 6. The zero-order valence-electron chi connectivity index (χ0n) is 22.3. The van der Waals surface area contributed by atoms with Crippen molar-refractivity contribution in [2.45, 2.75) is 26.3 Å². The van der Waals surface area contributed by atoms with Crippen molar-refractivity contribution in [2.24, 2.45) is 0 Å². The second-order valence-electron chi connectivity index (χ2n) is 10.6. The first-order valence-corrected chi connectivity index (χ1v) is 15.5. The van der Waals surface area contributed by atoms with E-state index in [9.17, 15) is 17.6 Å². The van der Waals surface area contributed by atoms with Gasteiger partial charge in [0.25, 0.3) is 5.91 Å². The third kappa shape index (κ3) is 4.94. The number of piperazine rings is 1. The summed E-state index contributed by atoms with van der Waals surface area (Å²) in [5, 5.41) is 5.98. The van der Waals surface area contributed by atoms with E-state index in [0.717, 1.165) is 11.3 Å². The smallest absolute Gasteiger partial charge is 0.254 e. The van der Waals surface area contributed by atoms with Crippen LogP contribution < -0.4 is 4.90 Å². The van der Waals surface area contributed by atoms with Gasteiger partial charge in [0.1, 0.15) is 5.82 Å². The number of rotatable bonds is 4. The Hall–Kier alpha value is -3.50. The fourth-order valence-corrected chi connectivity index (χ4v) is 7.58. The van der Waals surface area contributed by atoms with E-state index < -0.39 is 9.84 Å². The first kappa shape index (κ1) is 26.7. The van der Waals surface area contributed by atoms with E-state index in [0.29, 0.717) is 71.2 Å². The van der Waals surface area contributed by atoms with E-state index in [2.05, 4.69) is 10.00 Å². The molecule has 0 spiro atoms. The van der Waals surface area contributed by atoms with E-state index in [1.165, 1.54) is 12.1 Å². The number of amides is 1. The molecule has 8 nitrogen and oxygen atoms in total. The van der Waals surface area contributed by atoms with Crippen LogP contribution in [0.5, 0.6) is 0 Å². The van der Waals surface area contributed by atoms with Gasteiger partial charge in [0.2, 0.25) is 0 Å². The number of halogens is 2. The molecule has 0 saturated carbocycles. The average Bonchev–Trinajstić information content (AvgIpc) is 3.48. The van der Waals surface area contributed by atoms with Crippen LogP contribution in [0, 0.1) is 19.7 Å². The fourth-order valence-electron chi connectivity index (χ4n) is 5.72. The highest BCUT2D eigenvalue weighted by atomic mass is 35.5. The van der Waals surface area contributed by atoms with Crippen molar-refractivity contribution in [3.63, 3.8) is 0 Å². The summed E-state index contributed by atoms with van der Waals surface area (Å²) in [5.74, 6) is -0.427. The Morgan fingerprint density at radius 2 is 1.75 bits per heavy atom. The summed E-state index contributed by atoms with van der Waals surface area (Å²) < 4.78 is 39.9. The number of anilines is 1. The monoisotopic (exact) mass is 581 g/mol. The van der Waals surface area contributed by atoms with Gasteiger partial charge in [0, 0.05) is 42.5 Å². The molecular formula is C29H29ClFN5O3S. The predicted octanol–water partition coefficient (Wildman–Crippen LogP) is 4.83. The van der Waals surface area contributed by atoms with Crippen molar-refractivity contribution in [3.05, 3.63) is 76.2 Å². The maximum absolute atomic E-state index is 14.1. The molecule has 1 unspecified atom stereocenters. The molecule has 2 fully saturated rings. The van der Waals surface area contributed by atoms with Gasteiger partial charge in [-0.25, -0.2) is 22.5 Å². The molecule has 208 valence electrons. The number of nitrogens with zero attached hydrogens (tertiary/aromatic N) is 5. The highest BCUT2D eigenvalue weighted by molar-refractivity contribution is 7.91. The fraction of sp³-hybridized carbons (Fsp3) is 0.345. The highest BCUT2D eigenvalue weighted by Crippen LogP contribution is 2.33. The number of carbonyl (C=O) groups is 1. The molecule has 0 bridgehead atoms. The van der Waals surface area contributed by atoms with Crippen LogP contribution in [0.2, 0.25) is 5.02 Å². The highest BCUT2D eigenvalue weighted by Gasteiger charge is 2.33. The quantitative estimate of drug-likeness (QED) is 0.343. The van der Waals surface area contributed by atoms with Crippen LogP contribution in [0.3, 0.4) is 0 Å². The van der Waals surface area contributed by atoms with Crippen molar-refractivity contribution >= 4 is 44.1 Å². The lowest BCUT2D eigenvalue weighted by Gasteiger charge is -2.37. The largest absolute Gasteiger partial charge is 0.368 e. The Balaban J connectivity index is 1.38. The molecule has 1 amide bonds. The zero-order chi connectivity index (χ0) is 28.2. The number of aryl methyl sites for hydroxylation is 2. The minimum Gasteiger partial charge on any atom is -0.368 e. The Bertz CT molecular complexity index is 1730. The normalized spacial score (nSPS) is 18.9. The lowest BCUT2D eigenvalue weighted by molar-refractivity contribution is 0.0748. The third-order valence-corrected chi connectivity index (χ3v) is 9.83. The molecule has 0 radical (unpaired) electrons. The molecule has 40 heavy (non-hydrogen) atoms. The number of pyridine rings is 1. The van der Waals surface area contributed by atoms with Gasteiger partial charge in [-0.1, -0.05) is 17.7 Å². The van der Waals surface area contributed by atoms with Gasteiger partial charge in [0.05, 0.1) is 39.9 Å². The number of carbonyl (C=O) groups excluding carboxylic acids is 1. The summed E-state index contributed by atoms with van der Waals surface area (Å²) in [5.41, 5.74) is 4.90.